The van der Waals surface area contributed by atoms with E-state index >= 15 is 0 Å². The van der Waals surface area contributed by atoms with Crippen LogP contribution in [0, 0.1) is 0 Å². The topological polar surface area (TPSA) is 206 Å². The van der Waals surface area contributed by atoms with Crippen molar-refractivity contribution in [2.75, 3.05) is 0 Å². The minimum absolute atomic E-state index is 0. The SMILES string of the molecule is CCC(C)OS(=O)(=O)[O-].CCC(C)OS(=O)(=O)[O-].[NH4+].[NH4+]. The largest absolute Gasteiger partial charge is 0.726 e. The third kappa shape index (κ3) is 26.3. The molecule has 0 heterocycles. The lowest BCUT2D eigenvalue weighted by atomic mass is 10.3. The highest BCUT2D eigenvalue weighted by Gasteiger charge is 2.02. The molecule has 20 heavy (non-hydrogen) atoms. The van der Waals surface area contributed by atoms with Crippen LogP contribution in [0.2, 0.25) is 0 Å². The van der Waals surface area contributed by atoms with Gasteiger partial charge in [0.25, 0.3) is 0 Å². The minimum atomic E-state index is -4.49. The molecule has 0 aliphatic heterocycles. The molecule has 0 aliphatic rings. The van der Waals surface area contributed by atoms with E-state index in [2.05, 4.69) is 8.37 Å². The Kier molecular flexibility index (Phi) is 17.3. The van der Waals surface area contributed by atoms with Gasteiger partial charge in [-0.3, -0.25) is 8.37 Å². The van der Waals surface area contributed by atoms with E-state index in [4.69, 9.17) is 0 Å². The summed E-state index contributed by atoms with van der Waals surface area (Å²) in [5, 5.41) is 0. The van der Waals surface area contributed by atoms with Crippen molar-refractivity contribution in [3.63, 3.8) is 0 Å². The third-order valence-electron chi connectivity index (χ3n) is 1.71. The van der Waals surface area contributed by atoms with Crippen molar-refractivity contribution < 1.29 is 34.3 Å². The van der Waals surface area contributed by atoms with Crippen LogP contribution in [0.15, 0.2) is 0 Å². The Hall–Kier alpha value is -0.340. The molecule has 0 bridgehead atoms. The van der Waals surface area contributed by atoms with Gasteiger partial charge in [-0.25, -0.2) is 16.8 Å². The number of hydrogen-bond acceptors (Lipinski definition) is 8. The predicted octanol–water partition coefficient (Wildman–Crippen LogP) is 1.28. The fourth-order valence-corrected chi connectivity index (χ4v) is 1.62. The van der Waals surface area contributed by atoms with Gasteiger partial charge in [0.2, 0.25) is 20.8 Å². The summed E-state index contributed by atoms with van der Waals surface area (Å²) >= 11 is 0. The summed E-state index contributed by atoms with van der Waals surface area (Å²) in [6, 6.07) is 0. The van der Waals surface area contributed by atoms with E-state index < -0.39 is 33.0 Å². The van der Waals surface area contributed by atoms with Gasteiger partial charge in [-0.2, -0.15) is 0 Å². The van der Waals surface area contributed by atoms with E-state index in [1.807, 2.05) is 0 Å². The van der Waals surface area contributed by atoms with Gasteiger partial charge in [-0.15, -0.1) is 0 Å². The van der Waals surface area contributed by atoms with E-state index in [-0.39, 0.29) is 12.3 Å². The van der Waals surface area contributed by atoms with Crippen LogP contribution in [0.1, 0.15) is 40.5 Å². The maximum Gasteiger partial charge on any atom is 0.217 e. The quantitative estimate of drug-likeness (QED) is 0.529. The van der Waals surface area contributed by atoms with Crippen LogP contribution >= 0.6 is 0 Å². The molecule has 0 amide bonds. The van der Waals surface area contributed by atoms with E-state index in [1.54, 1.807) is 13.8 Å². The molecule has 0 saturated carbocycles. The Balaban J connectivity index is -0.000000116. The molecule has 2 atom stereocenters. The highest BCUT2D eigenvalue weighted by molar-refractivity contribution is 7.81. The molecule has 0 aliphatic carbocycles. The van der Waals surface area contributed by atoms with Crippen molar-refractivity contribution in [2.45, 2.75) is 52.7 Å². The lowest BCUT2D eigenvalue weighted by Crippen LogP contribution is -2.13. The normalized spacial score (nSPS) is 13.9. The number of hydrogen-bond donors (Lipinski definition) is 2. The van der Waals surface area contributed by atoms with Gasteiger partial charge in [-0.05, 0) is 26.7 Å². The fourth-order valence-electron chi connectivity index (χ4n) is 0.538. The van der Waals surface area contributed by atoms with Gasteiger partial charge in [0.05, 0.1) is 12.2 Å². The van der Waals surface area contributed by atoms with Gasteiger partial charge in [0.1, 0.15) is 0 Å². The van der Waals surface area contributed by atoms with Crippen LogP contribution in [-0.4, -0.2) is 38.1 Å². The molecule has 0 saturated heterocycles. The zero-order chi connectivity index (χ0) is 15.0. The van der Waals surface area contributed by atoms with Crippen LogP contribution in [0.3, 0.4) is 0 Å². The van der Waals surface area contributed by atoms with Crippen LogP contribution in [0.5, 0.6) is 0 Å². The first-order chi connectivity index (χ1) is 7.91. The summed E-state index contributed by atoms with van der Waals surface area (Å²) in [5.41, 5.74) is 0. The summed E-state index contributed by atoms with van der Waals surface area (Å²) in [4.78, 5) is 0. The second-order valence-corrected chi connectivity index (χ2v) is 5.46. The van der Waals surface area contributed by atoms with Crippen LogP contribution < -0.4 is 12.3 Å². The molecule has 2 unspecified atom stereocenters. The standard InChI is InChI=1S/2C4H10O4S.2H3N/c2*1-3-4(2)8-9(5,6)7;;/h2*4H,3H2,1-2H3,(H,5,6,7);2*1H3. The van der Waals surface area contributed by atoms with Crippen molar-refractivity contribution in [2.24, 2.45) is 0 Å². The van der Waals surface area contributed by atoms with E-state index in [1.165, 1.54) is 13.8 Å². The predicted molar refractivity (Wildman–Crippen MR) is 73.0 cm³/mol. The second kappa shape index (κ2) is 12.4. The molecule has 0 aromatic heterocycles. The average Bonchev–Trinajstić information content (AvgIpc) is 2.13. The maximum absolute atomic E-state index is 9.82. The van der Waals surface area contributed by atoms with Crippen molar-refractivity contribution in [3.05, 3.63) is 0 Å². The fraction of sp³-hybridized carbons (Fsp3) is 1.00. The average molecular weight is 342 g/mol. The molecular formula is C8H26N2O8S2. The lowest BCUT2D eigenvalue weighted by Gasteiger charge is -2.12. The summed E-state index contributed by atoms with van der Waals surface area (Å²) < 4.78 is 66.9. The molecule has 0 fully saturated rings. The lowest BCUT2D eigenvalue weighted by molar-refractivity contribution is 0.188. The van der Waals surface area contributed by atoms with Gasteiger partial charge in [-0.1, -0.05) is 13.8 Å². The molecule has 0 aromatic rings. The molecule has 0 spiro atoms. The summed E-state index contributed by atoms with van der Waals surface area (Å²) in [7, 11) is -8.97. The number of rotatable bonds is 6. The summed E-state index contributed by atoms with van der Waals surface area (Å²) in [6.07, 6.45) is 0.0168. The number of quaternary nitrogens is 2. The molecule has 12 heteroatoms. The van der Waals surface area contributed by atoms with Crippen molar-refractivity contribution in [1.82, 2.24) is 12.3 Å². The molecule has 8 N–H and O–H groups in total. The van der Waals surface area contributed by atoms with Gasteiger partial charge in [0.15, 0.2) is 0 Å². The Morgan fingerprint density at radius 1 is 0.800 bits per heavy atom. The zero-order valence-corrected chi connectivity index (χ0v) is 14.3. The third-order valence-corrected chi connectivity index (χ3v) is 2.84. The first-order valence-electron chi connectivity index (χ1n) is 5.19. The molecule has 0 radical (unpaired) electrons. The summed E-state index contributed by atoms with van der Waals surface area (Å²) in [6.45, 7) is 6.51. The zero-order valence-electron chi connectivity index (χ0n) is 12.7. The van der Waals surface area contributed by atoms with Crippen molar-refractivity contribution >= 4 is 20.8 Å². The van der Waals surface area contributed by atoms with Gasteiger partial charge < -0.3 is 21.4 Å². The van der Waals surface area contributed by atoms with Crippen LogP contribution in [0.4, 0.5) is 0 Å². The van der Waals surface area contributed by atoms with E-state index in [9.17, 15) is 25.9 Å². The highest BCUT2D eigenvalue weighted by atomic mass is 32.3. The molecule has 128 valence electrons. The second-order valence-electron chi connectivity index (χ2n) is 3.45. The van der Waals surface area contributed by atoms with E-state index in [0.717, 1.165) is 0 Å². The maximum atomic E-state index is 9.82. The molecular weight excluding hydrogens is 316 g/mol. The van der Waals surface area contributed by atoms with Crippen molar-refractivity contribution in [3.8, 4) is 0 Å². The van der Waals surface area contributed by atoms with Gasteiger partial charge in [0, 0.05) is 0 Å². The first-order valence-corrected chi connectivity index (χ1v) is 7.86. The first kappa shape index (κ1) is 27.9. The Bertz CT molecular complexity index is 368. The van der Waals surface area contributed by atoms with Crippen LogP contribution in [-0.2, 0) is 29.2 Å². The van der Waals surface area contributed by atoms with Crippen molar-refractivity contribution in [1.29, 1.82) is 0 Å². The van der Waals surface area contributed by atoms with Gasteiger partial charge >= 0.3 is 0 Å². The Morgan fingerprint density at radius 3 is 1.05 bits per heavy atom. The smallest absolute Gasteiger partial charge is 0.217 e. The van der Waals surface area contributed by atoms with E-state index in [0.29, 0.717) is 12.8 Å². The molecule has 10 nitrogen and oxygen atoms in total. The summed E-state index contributed by atoms with van der Waals surface area (Å²) in [5.74, 6) is 0. The van der Waals surface area contributed by atoms with Crippen LogP contribution in [0.25, 0.3) is 0 Å². The molecule has 0 aromatic carbocycles. The molecule has 0 rings (SSSR count). The monoisotopic (exact) mass is 342 g/mol. The Morgan fingerprint density at radius 2 is 1.00 bits per heavy atom. The minimum Gasteiger partial charge on any atom is -0.726 e. The Labute approximate surface area is 120 Å². The highest BCUT2D eigenvalue weighted by Crippen LogP contribution is 1.99.